The molecule has 2 aromatic rings. The molecule has 0 radical (unpaired) electrons. The van der Waals surface area contributed by atoms with Crippen LogP contribution in [-0.2, 0) is 9.84 Å². The number of aliphatic hydroxyl groups is 1. The van der Waals surface area contributed by atoms with Gasteiger partial charge in [-0.3, -0.25) is 0 Å². The average molecular weight is 370 g/mol. The summed E-state index contributed by atoms with van der Waals surface area (Å²) in [4.78, 5) is 0.113. The summed E-state index contributed by atoms with van der Waals surface area (Å²) in [5, 5.41) is 9.35. The molecule has 0 spiro atoms. The Hall–Kier alpha value is -1.47. The first kappa shape index (κ1) is 17.4. The van der Waals surface area contributed by atoms with Gasteiger partial charge in [0.15, 0.2) is 9.84 Å². The van der Waals surface area contributed by atoms with Crippen LogP contribution in [0.15, 0.2) is 53.4 Å². The Morgan fingerprint density at radius 1 is 1.21 bits per heavy atom. The van der Waals surface area contributed by atoms with Crippen LogP contribution in [0.25, 0.3) is 0 Å². The quantitative estimate of drug-likeness (QED) is 0.847. The zero-order chi connectivity index (χ0) is 17.5. The van der Waals surface area contributed by atoms with Gasteiger partial charge in [-0.25, -0.2) is 12.8 Å². The van der Waals surface area contributed by atoms with Crippen molar-refractivity contribution in [2.45, 2.75) is 16.1 Å². The smallest absolute Gasteiger partial charge is 0.182 e. The Balaban J connectivity index is 2.06. The SMILES string of the molecule is NC[C@]1(CO)[C@H](c2cccc(F)c2)[C@H]1S(=O)(=O)c1ccc(Cl)cc1. The Morgan fingerprint density at radius 3 is 2.42 bits per heavy atom. The summed E-state index contributed by atoms with van der Waals surface area (Å²) in [6.45, 7) is -0.398. The van der Waals surface area contributed by atoms with E-state index in [2.05, 4.69) is 0 Å². The largest absolute Gasteiger partial charge is 0.396 e. The molecule has 1 fully saturated rings. The lowest BCUT2D eigenvalue weighted by Crippen LogP contribution is -2.27. The van der Waals surface area contributed by atoms with Gasteiger partial charge in [-0.15, -0.1) is 0 Å². The van der Waals surface area contributed by atoms with Crippen molar-refractivity contribution in [3.05, 3.63) is 64.9 Å². The summed E-state index contributed by atoms with van der Waals surface area (Å²) in [6.07, 6.45) is 0. The second-order valence-electron chi connectivity index (χ2n) is 6.05. The van der Waals surface area contributed by atoms with Gasteiger partial charge in [-0.2, -0.15) is 0 Å². The van der Waals surface area contributed by atoms with Crippen molar-refractivity contribution in [2.24, 2.45) is 11.1 Å². The second-order valence-corrected chi connectivity index (χ2v) is 8.55. The van der Waals surface area contributed by atoms with Gasteiger partial charge in [-0.1, -0.05) is 23.7 Å². The zero-order valence-corrected chi connectivity index (χ0v) is 14.3. The maximum atomic E-state index is 13.5. The van der Waals surface area contributed by atoms with Crippen molar-refractivity contribution >= 4 is 21.4 Å². The number of rotatable bonds is 5. The molecule has 3 atom stereocenters. The van der Waals surface area contributed by atoms with Crippen LogP contribution in [0.4, 0.5) is 4.39 Å². The molecule has 3 N–H and O–H groups in total. The fraction of sp³-hybridized carbons (Fsp3) is 0.294. The van der Waals surface area contributed by atoms with Crippen LogP contribution < -0.4 is 5.73 Å². The highest BCUT2D eigenvalue weighted by atomic mass is 35.5. The molecule has 0 aliphatic heterocycles. The molecule has 7 heteroatoms. The van der Waals surface area contributed by atoms with E-state index in [1.54, 1.807) is 6.07 Å². The molecule has 3 rings (SSSR count). The van der Waals surface area contributed by atoms with E-state index in [4.69, 9.17) is 17.3 Å². The molecule has 1 aliphatic rings. The molecule has 0 aromatic heterocycles. The van der Waals surface area contributed by atoms with Crippen molar-refractivity contribution < 1.29 is 17.9 Å². The van der Waals surface area contributed by atoms with E-state index >= 15 is 0 Å². The minimum absolute atomic E-state index is 0.0117. The van der Waals surface area contributed by atoms with Crippen LogP contribution in [0, 0.1) is 11.2 Å². The molecule has 0 bridgehead atoms. The van der Waals surface area contributed by atoms with Crippen molar-refractivity contribution in [1.29, 1.82) is 0 Å². The van der Waals surface area contributed by atoms with E-state index in [1.807, 2.05) is 0 Å². The number of sulfone groups is 1. The lowest BCUT2D eigenvalue weighted by Gasteiger charge is -2.12. The normalized spacial score (nSPS) is 26.3. The number of hydrogen-bond donors (Lipinski definition) is 2. The first-order chi connectivity index (χ1) is 11.4. The Labute approximate surface area is 145 Å². The van der Waals surface area contributed by atoms with Gasteiger partial charge in [0.2, 0.25) is 0 Å². The van der Waals surface area contributed by atoms with E-state index in [1.165, 1.54) is 42.5 Å². The van der Waals surface area contributed by atoms with Gasteiger partial charge >= 0.3 is 0 Å². The molecule has 0 amide bonds. The molecule has 128 valence electrons. The maximum Gasteiger partial charge on any atom is 0.182 e. The van der Waals surface area contributed by atoms with Gasteiger partial charge in [0.25, 0.3) is 0 Å². The van der Waals surface area contributed by atoms with E-state index in [-0.39, 0.29) is 18.0 Å². The predicted octanol–water partition coefficient (Wildman–Crippen LogP) is 2.36. The highest BCUT2D eigenvalue weighted by molar-refractivity contribution is 7.92. The second kappa shape index (κ2) is 6.11. The van der Waals surface area contributed by atoms with E-state index in [9.17, 15) is 17.9 Å². The van der Waals surface area contributed by atoms with Crippen LogP contribution in [0.1, 0.15) is 11.5 Å². The average Bonchev–Trinajstić information content (AvgIpc) is 3.26. The summed E-state index contributed by atoms with van der Waals surface area (Å²) < 4.78 is 39.6. The minimum atomic E-state index is -3.75. The molecule has 24 heavy (non-hydrogen) atoms. The third-order valence-corrected chi connectivity index (χ3v) is 7.33. The topological polar surface area (TPSA) is 80.4 Å². The lowest BCUT2D eigenvalue weighted by molar-refractivity contribution is 0.212. The first-order valence-corrected chi connectivity index (χ1v) is 9.35. The molecule has 0 saturated heterocycles. The van der Waals surface area contributed by atoms with Crippen molar-refractivity contribution in [2.75, 3.05) is 13.2 Å². The van der Waals surface area contributed by atoms with E-state index in [0.29, 0.717) is 10.6 Å². The zero-order valence-electron chi connectivity index (χ0n) is 12.7. The molecule has 1 saturated carbocycles. The summed E-state index contributed by atoms with van der Waals surface area (Å²) in [5.41, 5.74) is 5.31. The summed E-state index contributed by atoms with van der Waals surface area (Å²) in [7, 11) is -3.75. The predicted molar refractivity (Wildman–Crippen MR) is 90.1 cm³/mol. The van der Waals surface area contributed by atoms with Crippen molar-refractivity contribution in [3.8, 4) is 0 Å². The van der Waals surface area contributed by atoms with Gasteiger partial charge in [0.05, 0.1) is 16.8 Å². The van der Waals surface area contributed by atoms with Gasteiger partial charge in [-0.05, 0) is 42.0 Å². The van der Waals surface area contributed by atoms with Crippen LogP contribution in [-0.4, -0.2) is 31.9 Å². The summed E-state index contributed by atoms with van der Waals surface area (Å²) in [6, 6.07) is 11.6. The maximum absolute atomic E-state index is 13.5. The number of aliphatic hydroxyl groups excluding tert-OH is 1. The minimum Gasteiger partial charge on any atom is -0.396 e. The molecular formula is C17H17ClFNO3S. The Bertz CT molecular complexity index is 850. The van der Waals surface area contributed by atoms with Gasteiger partial charge in [0.1, 0.15) is 5.82 Å². The lowest BCUT2D eigenvalue weighted by atomic mass is 10.00. The van der Waals surface area contributed by atoms with Gasteiger partial charge in [0, 0.05) is 22.9 Å². The number of benzene rings is 2. The molecule has 4 nitrogen and oxygen atoms in total. The molecule has 0 unspecified atom stereocenters. The highest BCUT2D eigenvalue weighted by Crippen LogP contribution is 2.63. The third-order valence-electron chi connectivity index (χ3n) is 4.74. The fourth-order valence-corrected chi connectivity index (χ4v) is 5.99. The monoisotopic (exact) mass is 369 g/mol. The number of halogens is 2. The van der Waals surface area contributed by atoms with Crippen LogP contribution in [0.2, 0.25) is 5.02 Å². The molecule has 0 heterocycles. The van der Waals surface area contributed by atoms with Crippen molar-refractivity contribution in [3.63, 3.8) is 0 Å². The third kappa shape index (κ3) is 2.63. The van der Waals surface area contributed by atoms with Crippen LogP contribution in [0.5, 0.6) is 0 Å². The van der Waals surface area contributed by atoms with Crippen LogP contribution >= 0.6 is 11.6 Å². The summed E-state index contributed by atoms with van der Waals surface area (Å²) >= 11 is 5.81. The Morgan fingerprint density at radius 2 is 1.88 bits per heavy atom. The van der Waals surface area contributed by atoms with E-state index in [0.717, 1.165) is 0 Å². The standard InChI is InChI=1S/C17H17ClFNO3S/c18-12-4-6-14(7-5-12)24(22,23)16-15(17(16,9-20)10-21)11-2-1-3-13(19)8-11/h1-8,15-16,21H,9-10,20H2/t15-,16-,17+/m1/s1. The van der Waals surface area contributed by atoms with Crippen LogP contribution in [0.3, 0.4) is 0 Å². The summed E-state index contributed by atoms with van der Waals surface area (Å²) in [5.74, 6) is -1.00. The first-order valence-electron chi connectivity index (χ1n) is 7.42. The fourth-order valence-electron chi connectivity index (χ4n) is 3.42. The molecular weight excluding hydrogens is 353 g/mol. The number of nitrogens with two attached hydrogens (primary N) is 1. The van der Waals surface area contributed by atoms with Crippen molar-refractivity contribution in [1.82, 2.24) is 0 Å². The molecule has 2 aromatic carbocycles. The van der Waals surface area contributed by atoms with Gasteiger partial charge < -0.3 is 10.8 Å². The van der Waals surface area contributed by atoms with E-state index < -0.39 is 32.2 Å². The Kier molecular flexibility index (Phi) is 4.42. The number of hydrogen-bond acceptors (Lipinski definition) is 4. The molecule has 1 aliphatic carbocycles. The highest BCUT2D eigenvalue weighted by Gasteiger charge is 2.70.